The first-order valence-electron chi connectivity index (χ1n) is 3.57. The fourth-order valence-corrected chi connectivity index (χ4v) is 0.904. The summed E-state index contributed by atoms with van der Waals surface area (Å²) < 4.78 is 16.8. The van der Waals surface area contributed by atoms with Gasteiger partial charge in [0.1, 0.15) is 0 Å². The van der Waals surface area contributed by atoms with E-state index in [1.165, 1.54) is 6.42 Å². The number of hydrogen-bond acceptors (Lipinski definition) is 3. The molecule has 0 aromatic heterocycles. The molecule has 6 nitrogen and oxygen atoms in total. The third kappa shape index (κ3) is 17.9. The van der Waals surface area contributed by atoms with Crippen molar-refractivity contribution >= 4 is 15.2 Å². The van der Waals surface area contributed by atoms with E-state index in [0.717, 1.165) is 25.8 Å². The Kier molecular flexibility index (Phi) is 31.5. The summed E-state index contributed by atoms with van der Waals surface area (Å²) in [4.78, 5) is 10.6. The summed E-state index contributed by atoms with van der Waals surface area (Å²) in [5.41, 5.74) is 0. The minimum absolute atomic E-state index is 0. The van der Waals surface area contributed by atoms with Crippen molar-refractivity contribution in [2.24, 2.45) is 0 Å². The second kappa shape index (κ2) is 18.7. The Labute approximate surface area is 99.3 Å². The zero-order valence-corrected chi connectivity index (χ0v) is 10.1. The zero-order chi connectivity index (χ0) is 8.53. The van der Waals surface area contributed by atoms with Crippen molar-refractivity contribution in [1.82, 2.24) is 5.32 Å². The molecule has 1 aliphatic heterocycles. The summed E-state index contributed by atoms with van der Waals surface area (Å²) in [5, 5.41) is 2.81. The van der Waals surface area contributed by atoms with E-state index in [9.17, 15) is 4.79 Å². The molecule has 0 spiro atoms. The molecule has 0 aromatic carbocycles. The van der Waals surface area contributed by atoms with Crippen molar-refractivity contribution < 1.29 is 46.4 Å². The Morgan fingerprint density at radius 2 is 1.57 bits per heavy atom. The van der Waals surface area contributed by atoms with Gasteiger partial charge in [0.05, 0.1) is 0 Å². The van der Waals surface area contributed by atoms with Crippen LogP contribution in [0.1, 0.15) is 25.7 Å². The molecular formula is C6H11NO5SiTi. The van der Waals surface area contributed by atoms with E-state index < -0.39 is 9.29 Å². The minimum Gasteiger partial charge on any atom is -2.00 e. The molecule has 1 saturated heterocycles. The van der Waals surface area contributed by atoms with Gasteiger partial charge in [0.2, 0.25) is 5.91 Å². The average molecular weight is 253 g/mol. The van der Waals surface area contributed by atoms with Crippen LogP contribution in [-0.4, -0.2) is 21.7 Å². The van der Waals surface area contributed by atoms with Crippen LogP contribution < -0.4 is 5.32 Å². The molecule has 0 aliphatic carbocycles. The number of nitrogens with one attached hydrogen (secondary N) is 1. The van der Waals surface area contributed by atoms with Gasteiger partial charge in [0, 0.05) is 13.0 Å². The maximum atomic E-state index is 10.6. The van der Waals surface area contributed by atoms with E-state index in [1.54, 1.807) is 0 Å². The Hall–Kier alpha value is -0.0788. The summed E-state index contributed by atoms with van der Waals surface area (Å²) in [6.45, 7) is 0.888. The van der Waals surface area contributed by atoms with Crippen LogP contribution in [0.4, 0.5) is 0 Å². The number of hydrogen-bond donors (Lipinski definition) is 1. The topological polar surface area (TPSA) is 120 Å². The number of amides is 1. The standard InChI is InChI=1S/C6H11NO.O2Si.2O.Ti/c8-6-4-2-1-3-5-7-6;1-3-2;;;/h1-5H2,(H,7,8);;;;/q;;2*-2;+4. The Morgan fingerprint density at radius 1 is 1.07 bits per heavy atom. The molecular weight excluding hydrogens is 242 g/mol. The van der Waals surface area contributed by atoms with Gasteiger partial charge < -0.3 is 16.3 Å². The molecule has 0 atom stereocenters. The van der Waals surface area contributed by atoms with Gasteiger partial charge in [-0.25, -0.2) is 0 Å². The summed E-state index contributed by atoms with van der Waals surface area (Å²) in [6.07, 6.45) is 4.18. The average Bonchev–Trinajstić information content (AvgIpc) is 2.18. The maximum Gasteiger partial charge on any atom is 4.00 e. The summed E-state index contributed by atoms with van der Waals surface area (Å²) in [7, 11) is -1.42. The third-order valence-corrected chi connectivity index (χ3v) is 1.40. The van der Waals surface area contributed by atoms with Gasteiger partial charge in [-0.15, -0.1) is 0 Å². The van der Waals surface area contributed by atoms with Crippen LogP contribution in [-0.2, 0) is 46.4 Å². The van der Waals surface area contributed by atoms with Gasteiger partial charge >= 0.3 is 31.0 Å². The first-order chi connectivity index (χ1) is 5.31. The summed E-state index contributed by atoms with van der Waals surface area (Å²) in [6, 6.07) is 0. The van der Waals surface area contributed by atoms with E-state index in [4.69, 9.17) is 8.92 Å². The molecule has 1 aliphatic rings. The fraction of sp³-hybridized carbons (Fsp3) is 0.833. The fourth-order valence-electron chi connectivity index (χ4n) is 0.904. The summed E-state index contributed by atoms with van der Waals surface area (Å²) in [5.74, 6) is 0.225. The minimum atomic E-state index is -1.42. The van der Waals surface area contributed by atoms with Crippen LogP contribution in [0, 0.1) is 0 Å². The van der Waals surface area contributed by atoms with Gasteiger partial charge in [-0.05, 0) is 12.8 Å². The maximum absolute atomic E-state index is 10.6. The first kappa shape index (κ1) is 23.6. The van der Waals surface area contributed by atoms with Crippen molar-refractivity contribution in [2.45, 2.75) is 25.7 Å². The van der Waals surface area contributed by atoms with Gasteiger partial charge in [-0.1, -0.05) is 6.42 Å². The van der Waals surface area contributed by atoms with Gasteiger partial charge in [0.15, 0.2) is 0 Å². The number of rotatable bonds is 0. The molecule has 1 heterocycles. The second-order valence-electron chi connectivity index (χ2n) is 2.24. The van der Waals surface area contributed by atoms with E-state index in [0.29, 0.717) is 0 Å². The van der Waals surface area contributed by atoms with Gasteiger partial charge in [-0.3, -0.25) is 13.7 Å². The van der Waals surface area contributed by atoms with Crippen molar-refractivity contribution in [1.29, 1.82) is 0 Å². The molecule has 0 bridgehead atoms. The Morgan fingerprint density at radius 3 is 2.07 bits per heavy atom. The normalized spacial score (nSPS) is 13.0. The molecule has 0 radical (unpaired) electrons. The molecule has 0 unspecified atom stereocenters. The Bertz CT molecular complexity index is 152. The zero-order valence-electron chi connectivity index (χ0n) is 7.58. The molecule has 0 aromatic rings. The first-order valence-corrected chi connectivity index (χ1v) is 4.39. The quantitative estimate of drug-likeness (QED) is 0.602. The monoisotopic (exact) mass is 253 g/mol. The smallest absolute Gasteiger partial charge is 2.00 e. The predicted molar refractivity (Wildman–Crippen MR) is 40.0 cm³/mol. The molecule has 0 saturated carbocycles. The van der Waals surface area contributed by atoms with Crippen molar-refractivity contribution in [3.8, 4) is 0 Å². The molecule has 8 heteroatoms. The SMILES string of the molecule is O=C1CCCCCN1.O=[Si]=O.[O-2].[O-2].[Ti+4]. The van der Waals surface area contributed by atoms with E-state index in [1.807, 2.05) is 0 Å². The molecule has 1 amide bonds. The predicted octanol–water partition coefficient (Wildman–Crippen LogP) is -0.182. The molecule has 78 valence electrons. The molecule has 1 fully saturated rings. The van der Waals surface area contributed by atoms with Crippen molar-refractivity contribution in [3.63, 3.8) is 0 Å². The van der Waals surface area contributed by atoms with Crippen LogP contribution in [0.3, 0.4) is 0 Å². The molecule has 1 rings (SSSR count). The van der Waals surface area contributed by atoms with Crippen LogP contribution in [0.25, 0.3) is 0 Å². The second-order valence-corrected chi connectivity index (χ2v) is 2.41. The Balaban J connectivity index is -0.0000000758. The van der Waals surface area contributed by atoms with Crippen LogP contribution >= 0.6 is 0 Å². The molecule has 14 heavy (non-hydrogen) atoms. The number of carbonyl (C=O) groups is 1. The van der Waals surface area contributed by atoms with Crippen molar-refractivity contribution in [2.75, 3.05) is 6.54 Å². The van der Waals surface area contributed by atoms with E-state index >= 15 is 0 Å². The van der Waals surface area contributed by atoms with E-state index in [2.05, 4.69) is 5.32 Å². The van der Waals surface area contributed by atoms with Crippen LogP contribution in [0.2, 0.25) is 0 Å². The van der Waals surface area contributed by atoms with Gasteiger partial charge in [-0.2, -0.15) is 0 Å². The van der Waals surface area contributed by atoms with Crippen LogP contribution in [0.15, 0.2) is 0 Å². The molecule has 1 N–H and O–H groups in total. The summed E-state index contributed by atoms with van der Waals surface area (Å²) >= 11 is 0. The largest absolute Gasteiger partial charge is 4.00 e. The van der Waals surface area contributed by atoms with E-state index in [-0.39, 0.29) is 38.6 Å². The third-order valence-electron chi connectivity index (χ3n) is 1.40. The number of carbonyl (C=O) groups excluding carboxylic acids is 1. The van der Waals surface area contributed by atoms with Gasteiger partial charge in [0.25, 0.3) is 0 Å². The van der Waals surface area contributed by atoms with Crippen LogP contribution in [0.5, 0.6) is 0 Å². The van der Waals surface area contributed by atoms with Crippen molar-refractivity contribution in [3.05, 3.63) is 0 Å².